The van der Waals surface area contributed by atoms with Gasteiger partial charge in [-0.15, -0.1) is 0 Å². The Morgan fingerprint density at radius 2 is 1.71 bits per heavy atom. The average molecular weight is 513 g/mol. The minimum absolute atomic E-state index is 0.176. The van der Waals surface area contributed by atoms with Gasteiger partial charge in [-0.3, -0.25) is 0 Å². The van der Waals surface area contributed by atoms with Crippen LogP contribution >= 0.6 is 0 Å². The maximum atomic E-state index is 15.1. The first-order valence-electron chi connectivity index (χ1n) is 14.5. The second-order valence-electron chi connectivity index (χ2n) is 12.8. The third-order valence-electron chi connectivity index (χ3n) is 10.3. The first-order valence-corrected chi connectivity index (χ1v) is 14.5. The highest BCUT2D eigenvalue weighted by Gasteiger charge is 2.47. The van der Waals surface area contributed by atoms with Crippen LogP contribution in [0.5, 0.6) is 11.5 Å². The molecule has 2 saturated carbocycles. The van der Waals surface area contributed by atoms with E-state index in [0.717, 1.165) is 29.2 Å². The molecule has 0 unspecified atom stereocenters. The molecule has 0 aromatic heterocycles. The molecule has 0 saturated heterocycles. The molecule has 0 heterocycles. The molecule has 2 fully saturated rings. The van der Waals surface area contributed by atoms with Gasteiger partial charge >= 0.3 is 0 Å². The summed E-state index contributed by atoms with van der Waals surface area (Å²) in [5, 5.41) is 0. The summed E-state index contributed by atoms with van der Waals surface area (Å²) in [7, 11) is 1.63. The van der Waals surface area contributed by atoms with Gasteiger partial charge in [-0.25, -0.2) is 4.39 Å². The Morgan fingerprint density at radius 3 is 2.42 bits per heavy atom. The van der Waals surface area contributed by atoms with E-state index >= 15 is 4.39 Å². The van der Waals surface area contributed by atoms with Crippen molar-refractivity contribution >= 4 is 0 Å². The van der Waals surface area contributed by atoms with Gasteiger partial charge in [0.2, 0.25) is 0 Å². The summed E-state index contributed by atoms with van der Waals surface area (Å²) < 4.78 is 27.0. The summed E-state index contributed by atoms with van der Waals surface area (Å²) in [5.74, 6) is 2.58. The first-order chi connectivity index (χ1) is 18.3. The maximum Gasteiger partial charge on any atom is 0.131 e. The molecule has 0 bridgehead atoms. The van der Waals surface area contributed by atoms with E-state index < -0.39 is 0 Å². The Kier molecular flexibility index (Phi) is 6.53. The molecular weight excluding hydrogens is 471 g/mol. The van der Waals surface area contributed by atoms with Crippen LogP contribution < -0.4 is 9.47 Å². The van der Waals surface area contributed by atoms with Gasteiger partial charge in [-0.1, -0.05) is 51.5 Å². The van der Waals surface area contributed by atoms with E-state index in [0.29, 0.717) is 29.3 Å². The largest absolute Gasteiger partial charge is 0.497 e. The highest BCUT2D eigenvalue weighted by molar-refractivity contribution is 5.71. The number of aryl methyl sites for hydroxylation is 1. The van der Waals surface area contributed by atoms with Crippen molar-refractivity contribution in [3.8, 4) is 22.6 Å². The van der Waals surface area contributed by atoms with Gasteiger partial charge in [-0.2, -0.15) is 0 Å². The third-order valence-corrected chi connectivity index (χ3v) is 10.3. The molecule has 3 aromatic carbocycles. The van der Waals surface area contributed by atoms with E-state index in [4.69, 9.17) is 9.47 Å². The van der Waals surface area contributed by atoms with Gasteiger partial charge in [0.25, 0.3) is 0 Å². The summed E-state index contributed by atoms with van der Waals surface area (Å²) in [6.07, 6.45) is 9.97. The average Bonchev–Trinajstić information content (AvgIpc) is 3.29. The number of hydrogen-bond acceptors (Lipinski definition) is 2. The van der Waals surface area contributed by atoms with Crippen LogP contribution in [0.15, 0.2) is 54.6 Å². The molecule has 3 aliphatic rings. The molecule has 0 aliphatic heterocycles. The molecule has 0 amide bonds. The van der Waals surface area contributed by atoms with E-state index in [1.165, 1.54) is 67.7 Å². The summed E-state index contributed by atoms with van der Waals surface area (Å²) in [6.45, 7) is 7.64. The smallest absolute Gasteiger partial charge is 0.131 e. The fourth-order valence-electron chi connectivity index (χ4n) is 7.75. The minimum atomic E-state index is -0.208. The highest BCUT2D eigenvalue weighted by atomic mass is 19.1. The van der Waals surface area contributed by atoms with Crippen molar-refractivity contribution in [1.29, 1.82) is 0 Å². The van der Waals surface area contributed by atoms with Gasteiger partial charge in [0.1, 0.15) is 23.9 Å². The van der Waals surface area contributed by atoms with Gasteiger partial charge < -0.3 is 9.47 Å². The number of hydrogen-bond donors (Lipinski definition) is 0. The van der Waals surface area contributed by atoms with Crippen molar-refractivity contribution in [2.75, 3.05) is 7.11 Å². The second kappa shape index (κ2) is 9.74. The third kappa shape index (κ3) is 4.32. The molecule has 3 aromatic rings. The first kappa shape index (κ1) is 25.5. The Balaban J connectivity index is 1.32. The monoisotopic (exact) mass is 512 g/mol. The molecule has 200 valence electrons. The lowest BCUT2D eigenvalue weighted by molar-refractivity contribution is 0.114. The van der Waals surface area contributed by atoms with Gasteiger partial charge in [0.05, 0.1) is 7.11 Å². The normalized spacial score (nSPS) is 25.6. The van der Waals surface area contributed by atoms with Crippen molar-refractivity contribution in [2.45, 2.75) is 90.1 Å². The number of benzene rings is 3. The summed E-state index contributed by atoms with van der Waals surface area (Å²) in [4.78, 5) is 0. The van der Waals surface area contributed by atoms with Crippen LogP contribution in [0, 0.1) is 17.2 Å². The van der Waals surface area contributed by atoms with Crippen LogP contribution in [0.2, 0.25) is 0 Å². The van der Waals surface area contributed by atoms with Crippen molar-refractivity contribution in [1.82, 2.24) is 0 Å². The van der Waals surface area contributed by atoms with E-state index in [-0.39, 0.29) is 11.2 Å². The Hall–Kier alpha value is -2.81. The second-order valence-corrected chi connectivity index (χ2v) is 12.8. The molecule has 0 N–H and O–H groups in total. The summed E-state index contributed by atoms with van der Waals surface area (Å²) in [6, 6.07) is 18.3. The lowest BCUT2D eigenvalue weighted by atomic mass is 9.52. The standard InChI is InChI=1S/C35H41FO2/c1-23-15-18-35(23)17-5-7-25-10-11-27(21-32(25)35)38-22-24-9-13-28(30-20-26(37-4)12-14-33(30)36)29(19-24)31-8-6-16-34(31,2)3/h9-14,19-21,23,31H,5-8,15-18,22H2,1-4H3/t23-,31+,35+/m1/s1. The summed E-state index contributed by atoms with van der Waals surface area (Å²) >= 11 is 0. The topological polar surface area (TPSA) is 18.5 Å². The minimum Gasteiger partial charge on any atom is -0.497 e. The molecule has 3 aliphatic carbocycles. The number of fused-ring (bicyclic) bond motifs is 2. The quantitative estimate of drug-likeness (QED) is 0.327. The van der Waals surface area contributed by atoms with E-state index in [1.807, 2.05) is 6.07 Å². The Labute approximate surface area is 227 Å². The predicted molar refractivity (Wildman–Crippen MR) is 153 cm³/mol. The van der Waals surface area contributed by atoms with Crippen LogP contribution in [0.4, 0.5) is 4.39 Å². The van der Waals surface area contributed by atoms with Crippen molar-refractivity contribution < 1.29 is 13.9 Å². The van der Waals surface area contributed by atoms with E-state index in [2.05, 4.69) is 57.2 Å². The summed E-state index contributed by atoms with van der Waals surface area (Å²) in [5.41, 5.74) is 7.56. The van der Waals surface area contributed by atoms with Gasteiger partial charge in [0.15, 0.2) is 0 Å². The van der Waals surface area contributed by atoms with Crippen molar-refractivity contribution in [3.05, 3.63) is 82.7 Å². The van der Waals surface area contributed by atoms with E-state index in [1.54, 1.807) is 13.2 Å². The van der Waals surface area contributed by atoms with Crippen LogP contribution in [0.25, 0.3) is 11.1 Å². The molecule has 3 heteroatoms. The molecule has 3 atom stereocenters. The van der Waals surface area contributed by atoms with Crippen LogP contribution in [-0.4, -0.2) is 7.11 Å². The number of methoxy groups -OCH3 is 1. The molecular formula is C35H41FO2. The predicted octanol–water partition coefficient (Wildman–Crippen LogP) is 9.38. The lowest BCUT2D eigenvalue weighted by Gasteiger charge is -2.52. The highest BCUT2D eigenvalue weighted by Crippen LogP contribution is 2.55. The SMILES string of the molecule is COc1ccc(F)c(-c2ccc(COc3ccc4c(c3)[C@@]3(CCC4)CC[C@H]3C)cc2[C@@H]2CCCC2(C)C)c1. The number of ether oxygens (including phenoxy) is 2. The lowest BCUT2D eigenvalue weighted by Crippen LogP contribution is -2.45. The number of halogens is 1. The molecule has 0 radical (unpaired) electrons. The zero-order valence-corrected chi connectivity index (χ0v) is 23.4. The van der Waals surface area contributed by atoms with Gasteiger partial charge in [-0.05, 0) is 126 Å². The zero-order valence-electron chi connectivity index (χ0n) is 23.4. The van der Waals surface area contributed by atoms with Crippen LogP contribution in [0.1, 0.15) is 93.9 Å². The van der Waals surface area contributed by atoms with Crippen LogP contribution in [-0.2, 0) is 18.4 Å². The van der Waals surface area contributed by atoms with Crippen molar-refractivity contribution in [3.63, 3.8) is 0 Å². The number of rotatable bonds is 6. The molecule has 6 rings (SSSR count). The maximum absolute atomic E-state index is 15.1. The van der Waals surface area contributed by atoms with Gasteiger partial charge in [0, 0.05) is 5.56 Å². The fourth-order valence-corrected chi connectivity index (χ4v) is 7.75. The van der Waals surface area contributed by atoms with Crippen molar-refractivity contribution in [2.24, 2.45) is 11.3 Å². The van der Waals surface area contributed by atoms with Crippen LogP contribution in [0.3, 0.4) is 0 Å². The zero-order chi connectivity index (χ0) is 26.5. The molecule has 38 heavy (non-hydrogen) atoms. The Bertz CT molecular complexity index is 1340. The molecule has 1 spiro atoms. The molecule has 2 nitrogen and oxygen atoms in total. The Morgan fingerprint density at radius 1 is 0.868 bits per heavy atom. The van der Waals surface area contributed by atoms with E-state index in [9.17, 15) is 0 Å². The fraction of sp³-hybridized carbons (Fsp3) is 0.486.